The Balaban J connectivity index is 1.34. The maximum atomic E-state index is 12.3. The third kappa shape index (κ3) is 6.47. The Morgan fingerprint density at radius 3 is 2.54 bits per heavy atom. The minimum Gasteiger partial charge on any atom is -0.444 e. The fourth-order valence-electron chi connectivity index (χ4n) is 3.77. The van der Waals surface area contributed by atoms with Gasteiger partial charge in [0.2, 0.25) is 11.7 Å². The number of aromatic nitrogens is 2. The largest absolute Gasteiger partial charge is 0.444 e. The van der Waals surface area contributed by atoms with Gasteiger partial charge in [0, 0.05) is 18.7 Å². The Labute approximate surface area is 205 Å². The topological polar surface area (TPSA) is 90.1 Å². The highest BCUT2D eigenvalue weighted by molar-refractivity contribution is 5.98. The molecule has 1 aliphatic rings. The van der Waals surface area contributed by atoms with Crippen molar-refractivity contribution in [2.45, 2.75) is 59.2 Å². The zero-order chi connectivity index (χ0) is 25.0. The number of amides is 1. The maximum absolute atomic E-state index is 12.3. The van der Waals surface area contributed by atoms with Gasteiger partial charge in [-0.05, 0) is 52.2 Å². The number of benzene rings is 2. The average molecular weight is 477 g/mol. The number of ether oxygens (including phenoxy) is 1. The molecule has 0 N–H and O–H groups in total. The molecule has 2 heterocycles. The van der Waals surface area contributed by atoms with Gasteiger partial charge in [-0.1, -0.05) is 64.4 Å². The van der Waals surface area contributed by atoms with Crippen LogP contribution in [0.3, 0.4) is 0 Å². The van der Waals surface area contributed by atoms with Gasteiger partial charge in [-0.2, -0.15) is 4.98 Å². The summed E-state index contributed by atoms with van der Waals surface area (Å²) in [6.07, 6.45) is 0.452. The SMILES string of the molecule is C/C(=N\OCc1ccc(C)cc1)c1ccc(-c2noc([C@@H]3CCN(C(=O)OC(C)(C)C)C3)n2)cc1. The van der Waals surface area contributed by atoms with E-state index in [2.05, 4.69) is 34.4 Å². The highest BCUT2D eigenvalue weighted by Gasteiger charge is 2.33. The zero-order valence-electron chi connectivity index (χ0n) is 20.9. The molecule has 184 valence electrons. The second kappa shape index (κ2) is 10.3. The molecule has 35 heavy (non-hydrogen) atoms. The van der Waals surface area contributed by atoms with Crippen molar-refractivity contribution < 1.29 is 18.9 Å². The Kier molecular flexibility index (Phi) is 7.19. The Morgan fingerprint density at radius 1 is 1.14 bits per heavy atom. The van der Waals surface area contributed by atoms with E-state index in [1.54, 1.807) is 4.90 Å². The van der Waals surface area contributed by atoms with Crippen LogP contribution in [0.1, 0.15) is 62.6 Å². The van der Waals surface area contributed by atoms with Crippen LogP contribution in [-0.4, -0.2) is 45.5 Å². The predicted molar refractivity (Wildman–Crippen MR) is 133 cm³/mol. The van der Waals surface area contributed by atoms with E-state index < -0.39 is 5.60 Å². The summed E-state index contributed by atoms with van der Waals surface area (Å²) in [5.41, 5.74) is 4.35. The zero-order valence-corrected chi connectivity index (χ0v) is 20.9. The molecule has 1 aliphatic heterocycles. The maximum Gasteiger partial charge on any atom is 0.410 e. The number of aryl methyl sites for hydroxylation is 1. The molecule has 0 saturated carbocycles. The minimum absolute atomic E-state index is 0.00287. The molecule has 1 saturated heterocycles. The molecular formula is C27H32N4O4. The van der Waals surface area contributed by atoms with E-state index in [9.17, 15) is 4.79 Å². The van der Waals surface area contributed by atoms with E-state index in [1.165, 1.54) is 5.56 Å². The van der Waals surface area contributed by atoms with E-state index >= 15 is 0 Å². The van der Waals surface area contributed by atoms with E-state index in [0.717, 1.165) is 28.8 Å². The number of carbonyl (C=O) groups is 1. The third-order valence-corrected chi connectivity index (χ3v) is 5.75. The third-order valence-electron chi connectivity index (χ3n) is 5.75. The van der Waals surface area contributed by atoms with Crippen LogP contribution < -0.4 is 0 Å². The van der Waals surface area contributed by atoms with E-state index in [4.69, 9.17) is 14.1 Å². The fourth-order valence-corrected chi connectivity index (χ4v) is 3.77. The lowest BCUT2D eigenvalue weighted by atomic mass is 10.1. The standard InChI is InChI=1S/C27H32N4O4/c1-18-6-8-20(9-7-18)17-33-29-19(2)21-10-12-22(13-11-21)24-28-25(35-30-24)23-14-15-31(16-23)26(32)34-27(3,4)5/h6-13,23H,14-17H2,1-5H3/b29-19+/t23-/m1/s1. The minimum atomic E-state index is -0.519. The van der Waals surface area contributed by atoms with Crippen LogP contribution >= 0.6 is 0 Å². The molecule has 8 heteroatoms. The van der Waals surface area contributed by atoms with E-state index in [-0.39, 0.29) is 12.0 Å². The Hall–Kier alpha value is -3.68. The van der Waals surface area contributed by atoms with Crippen LogP contribution in [0.15, 0.2) is 58.2 Å². The van der Waals surface area contributed by atoms with Crippen molar-refractivity contribution in [3.8, 4) is 11.4 Å². The van der Waals surface area contributed by atoms with Gasteiger partial charge in [0.05, 0.1) is 11.6 Å². The first kappa shape index (κ1) is 24.4. The van der Waals surface area contributed by atoms with Gasteiger partial charge in [-0.3, -0.25) is 0 Å². The number of hydrogen-bond acceptors (Lipinski definition) is 7. The highest BCUT2D eigenvalue weighted by Crippen LogP contribution is 2.29. The van der Waals surface area contributed by atoms with Crippen LogP contribution in [0.25, 0.3) is 11.4 Å². The molecule has 0 radical (unpaired) electrons. The average Bonchev–Trinajstić information content (AvgIpc) is 3.49. The van der Waals surface area contributed by atoms with Gasteiger partial charge in [0.25, 0.3) is 0 Å². The number of nitrogens with zero attached hydrogens (tertiary/aromatic N) is 4. The van der Waals surface area contributed by atoms with Crippen molar-refractivity contribution in [1.29, 1.82) is 0 Å². The molecule has 2 aromatic carbocycles. The normalized spacial score (nSPS) is 16.4. The number of oxime groups is 1. The molecule has 0 aliphatic carbocycles. The molecule has 0 bridgehead atoms. The summed E-state index contributed by atoms with van der Waals surface area (Å²) in [5, 5.41) is 8.39. The highest BCUT2D eigenvalue weighted by atomic mass is 16.6. The van der Waals surface area contributed by atoms with Crippen molar-refractivity contribution in [3.05, 3.63) is 71.1 Å². The Morgan fingerprint density at radius 2 is 1.86 bits per heavy atom. The fraction of sp³-hybridized carbons (Fsp3) is 0.407. The molecule has 0 spiro atoms. The van der Waals surface area contributed by atoms with Crippen molar-refractivity contribution in [2.75, 3.05) is 13.1 Å². The number of hydrogen-bond donors (Lipinski definition) is 0. The van der Waals surface area contributed by atoms with Crippen LogP contribution in [0.5, 0.6) is 0 Å². The summed E-state index contributed by atoms with van der Waals surface area (Å²) in [6.45, 7) is 11.1. The molecule has 1 amide bonds. The summed E-state index contributed by atoms with van der Waals surface area (Å²) < 4.78 is 11.0. The van der Waals surface area contributed by atoms with Gasteiger partial charge in [0.1, 0.15) is 12.2 Å². The molecule has 3 aromatic rings. The van der Waals surface area contributed by atoms with Crippen molar-refractivity contribution in [3.63, 3.8) is 0 Å². The van der Waals surface area contributed by atoms with Gasteiger partial charge in [-0.15, -0.1) is 0 Å². The molecule has 1 fully saturated rings. The van der Waals surface area contributed by atoms with E-state index in [0.29, 0.717) is 31.4 Å². The summed E-state index contributed by atoms with van der Waals surface area (Å²) in [7, 11) is 0. The first-order valence-corrected chi connectivity index (χ1v) is 11.8. The monoisotopic (exact) mass is 476 g/mol. The van der Waals surface area contributed by atoms with Crippen LogP contribution in [0.2, 0.25) is 0 Å². The number of rotatable bonds is 6. The lowest BCUT2D eigenvalue weighted by molar-refractivity contribution is 0.0291. The second-order valence-corrected chi connectivity index (χ2v) is 9.88. The smallest absolute Gasteiger partial charge is 0.410 e. The number of likely N-dealkylation sites (tertiary alicyclic amines) is 1. The predicted octanol–water partition coefficient (Wildman–Crippen LogP) is 5.71. The van der Waals surface area contributed by atoms with E-state index in [1.807, 2.05) is 64.1 Å². The van der Waals surface area contributed by atoms with Gasteiger partial charge in [-0.25, -0.2) is 4.79 Å². The Bertz CT molecular complexity index is 1180. The lowest BCUT2D eigenvalue weighted by Crippen LogP contribution is -2.35. The molecular weight excluding hydrogens is 444 g/mol. The van der Waals surface area contributed by atoms with Crippen LogP contribution in [0.4, 0.5) is 4.79 Å². The number of carbonyl (C=O) groups excluding carboxylic acids is 1. The summed E-state index contributed by atoms with van der Waals surface area (Å²) in [5.74, 6) is 1.06. The van der Waals surface area contributed by atoms with Crippen molar-refractivity contribution in [1.82, 2.24) is 15.0 Å². The summed E-state index contributed by atoms with van der Waals surface area (Å²) in [4.78, 5) is 24.1. The molecule has 0 unspecified atom stereocenters. The lowest BCUT2D eigenvalue weighted by Gasteiger charge is -2.24. The first-order chi connectivity index (χ1) is 16.7. The molecule has 4 rings (SSSR count). The second-order valence-electron chi connectivity index (χ2n) is 9.88. The van der Waals surface area contributed by atoms with Crippen molar-refractivity contribution >= 4 is 11.8 Å². The molecule has 1 aromatic heterocycles. The van der Waals surface area contributed by atoms with Gasteiger partial charge >= 0.3 is 6.09 Å². The molecule has 8 nitrogen and oxygen atoms in total. The quantitative estimate of drug-likeness (QED) is 0.334. The molecule has 1 atom stereocenters. The van der Waals surface area contributed by atoms with Crippen LogP contribution in [0, 0.1) is 6.92 Å². The van der Waals surface area contributed by atoms with Crippen molar-refractivity contribution in [2.24, 2.45) is 5.16 Å². The van der Waals surface area contributed by atoms with Gasteiger partial charge < -0.3 is 19.0 Å². The summed E-state index contributed by atoms with van der Waals surface area (Å²) >= 11 is 0. The summed E-state index contributed by atoms with van der Waals surface area (Å²) in [6, 6.07) is 16.0. The van der Waals surface area contributed by atoms with Crippen LogP contribution in [-0.2, 0) is 16.2 Å². The first-order valence-electron chi connectivity index (χ1n) is 11.8. The van der Waals surface area contributed by atoms with Gasteiger partial charge in [0.15, 0.2) is 0 Å².